The van der Waals surface area contributed by atoms with Crippen molar-refractivity contribution in [2.75, 3.05) is 0 Å². The molecule has 1 unspecified atom stereocenters. The molecular formula is C29H38N4O4. The Kier molecular flexibility index (Phi) is 7.63. The summed E-state index contributed by atoms with van der Waals surface area (Å²) in [4.78, 5) is 40.8. The van der Waals surface area contributed by atoms with Crippen LogP contribution >= 0.6 is 0 Å². The molecule has 1 atom stereocenters. The van der Waals surface area contributed by atoms with Gasteiger partial charge in [-0.1, -0.05) is 75.8 Å². The molecule has 2 aromatic rings. The van der Waals surface area contributed by atoms with Gasteiger partial charge in [-0.2, -0.15) is 5.10 Å². The third-order valence-electron chi connectivity index (χ3n) is 8.28. The van der Waals surface area contributed by atoms with Crippen LogP contribution in [0.3, 0.4) is 0 Å². The first kappa shape index (κ1) is 25.5. The van der Waals surface area contributed by atoms with Gasteiger partial charge in [-0.3, -0.25) is 18.7 Å². The number of hydrogen-bond acceptors (Lipinski definition) is 5. The number of amides is 1. The minimum Gasteiger partial charge on any atom is -0.494 e. The van der Waals surface area contributed by atoms with E-state index in [1.54, 1.807) is 0 Å². The summed E-state index contributed by atoms with van der Waals surface area (Å²) < 4.78 is 2.88. The highest BCUT2D eigenvalue weighted by atomic mass is 16.3. The minimum absolute atomic E-state index is 0.0866. The Hall–Kier alpha value is -3.16. The third-order valence-corrected chi connectivity index (χ3v) is 8.28. The topological polar surface area (TPSA) is 96.9 Å². The van der Waals surface area contributed by atoms with Crippen LogP contribution in [-0.2, 0) is 4.79 Å². The van der Waals surface area contributed by atoms with Gasteiger partial charge in [0, 0.05) is 24.9 Å². The molecule has 0 saturated heterocycles. The molecule has 2 heterocycles. The summed E-state index contributed by atoms with van der Waals surface area (Å²) in [6.07, 6.45) is 10.7. The van der Waals surface area contributed by atoms with Crippen molar-refractivity contribution < 1.29 is 9.90 Å². The molecule has 8 heteroatoms. The number of nitrogens with zero attached hydrogens (tertiary/aromatic N) is 4. The monoisotopic (exact) mass is 506 g/mol. The average Bonchev–Trinajstić information content (AvgIpc) is 3.36. The standard InChI is InChI=1S/C29H38N4O4/c1-2-12-25(34)33-24(20-13-6-3-7-14-20)19-23(30-33)26-27(35)31(21-15-8-4-9-16-21)29(37)32(28(26)36)22-17-10-5-11-18-22/h3,6-7,13-14,21-22,24,35H,2,4-5,8-12,15-19H2,1H3. The number of aromatic nitrogens is 2. The summed E-state index contributed by atoms with van der Waals surface area (Å²) in [5.74, 6) is -0.400. The van der Waals surface area contributed by atoms with Gasteiger partial charge < -0.3 is 5.11 Å². The second-order valence-corrected chi connectivity index (χ2v) is 10.8. The number of rotatable bonds is 6. The molecule has 1 amide bonds. The maximum atomic E-state index is 14.0. The van der Waals surface area contributed by atoms with Crippen molar-refractivity contribution in [2.45, 2.75) is 109 Å². The lowest BCUT2D eigenvalue weighted by molar-refractivity contribution is -0.133. The fourth-order valence-electron chi connectivity index (χ4n) is 6.37. The zero-order chi connectivity index (χ0) is 25.9. The molecule has 5 rings (SSSR count). The van der Waals surface area contributed by atoms with Gasteiger partial charge in [0.05, 0.1) is 11.8 Å². The molecular weight excluding hydrogens is 468 g/mol. The Labute approximate surface area is 217 Å². The maximum absolute atomic E-state index is 14.0. The Bertz CT molecular complexity index is 1270. The molecule has 1 N–H and O–H groups in total. The van der Waals surface area contributed by atoms with Gasteiger partial charge in [-0.05, 0) is 37.7 Å². The van der Waals surface area contributed by atoms with Crippen molar-refractivity contribution in [1.82, 2.24) is 14.1 Å². The molecule has 8 nitrogen and oxygen atoms in total. The van der Waals surface area contributed by atoms with Crippen LogP contribution in [0.2, 0.25) is 0 Å². The molecule has 2 fully saturated rings. The van der Waals surface area contributed by atoms with Crippen molar-refractivity contribution in [3.63, 3.8) is 0 Å². The van der Waals surface area contributed by atoms with E-state index in [1.165, 1.54) is 14.1 Å². The van der Waals surface area contributed by atoms with Gasteiger partial charge in [0.15, 0.2) is 0 Å². The lowest BCUT2D eigenvalue weighted by Gasteiger charge is -2.29. The quantitative estimate of drug-likeness (QED) is 0.582. The Morgan fingerprint density at radius 3 is 2.11 bits per heavy atom. The number of aromatic hydroxyl groups is 1. The van der Waals surface area contributed by atoms with Gasteiger partial charge in [-0.25, -0.2) is 9.80 Å². The van der Waals surface area contributed by atoms with E-state index in [2.05, 4.69) is 5.10 Å². The molecule has 0 spiro atoms. The summed E-state index contributed by atoms with van der Waals surface area (Å²) in [7, 11) is 0. The van der Waals surface area contributed by atoms with Gasteiger partial charge >= 0.3 is 5.69 Å². The smallest absolute Gasteiger partial charge is 0.334 e. The van der Waals surface area contributed by atoms with Gasteiger partial charge in [0.2, 0.25) is 11.8 Å². The fourth-order valence-corrected chi connectivity index (χ4v) is 6.37. The van der Waals surface area contributed by atoms with Gasteiger partial charge in [0.1, 0.15) is 5.56 Å². The van der Waals surface area contributed by atoms with Crippen LogP contribution in [0.4, 0.5) is 0 Å². The largest absolute Gasteiger partial charge is 0.494 e. The number of carbonyl (C=O) groups is 1. The summed E-state index contributed by atoms with van der Waals surface area (Å²) >= 11 is 0. The SMILES string of the molecule is CCCC(=O)N1N=C(c2c(O)n(C3CCCCC3)c(=O)n(C3CCCCC3)c2=O)CC1c1ccccc1. The summed E-state index contributed by atoms with van der Waals surface area (Å²) in [6, 6.07) is 9.02. The van der Waals surface area contributed by atoms with Crippen LogP contribution in [0.15, 0.2) is 45.0 Å². The van der Waals surface area contributed by atoms with E-state index in [-0.39, 0.29) is 35.5 Å². The highest BCUT2D eigenvalue weighted by Crippen LogP contribution is 2.36. The fraction of sp³-hybridized carbons (Fsp3) is 0.586. The van der Waals surface area contributed by atoms with Crippen molar-refractivity contribution in [3.8, 4) is 5.88 Å². The second-order valence-electron chi connectivity index (χ2n) is 10.8. The van der Waals surface area contributed by atoms with E-state index in [9.17, 15) is 19.5 Å². The van der Waals surface area contributed by atoms with E-state index in [0.717, 1.165) is 69.8 Å². The molecule has 3 aliphatic rings. The van der Waals surface area contributed by atoms with E-state index < -0.39 is 11.2 Å². The third kappa shape index (κ3) is 4.90. The van der Waals surface area contributed by atoms with E-state index in [1.807, 2.05) is 37.3 Å². The number of hydrogen-bond donors (Lipinski definition) is 1. The molecule has 198 valence electrons. The highest BCUT2D eigenvalue weighted by Gasteiger charge is 2.37. The molecule has 0 bridgehead atoms. The van der Waals surface area contributed by atoms with E-state index in [4.69, 9.17) is 0 Å². The van der Waals surface area contributed by atoms with Crippen molar-refractivity contribution in [2.24, 2.45) is 5.10 Å². The Morgan fingerprint density at radius 2 is 1.51 bits per heavy atom. The zero-order valence-electron chi connectivity index (χ0n) is 21.8. The first-order valence-corrected chi connectivity index (χ1v) is 14.1. The number of carbonyl (C=O) groups excluding carboxylic acids is 1. The van der Waals surface area contributed by atoms with Crippen LogP contribution in [-0.4, -0.2) is 30.9 Å². The van der Waals surface area contributed by atoms with Crippen molar-refractivity contribution >= 4 is 11.6 Å². The summed E-state index contributed by atoms with van der Waals surface area (Å²) in [5, 5.41) is 17.7. The first-order chi connectivity index (χ1) is 18.0. The van der Waals surface area contributed by atoms with E-state index in [0.29, 0.717) is 25.0 Å². The Balaban J connectivity index is 1.66. The van der Waals surface area contributed by atoms with E-state index >= 15 is 0 Å². The average molecular weight is 507 g/mol. The lowest BCUT2D eigenvalue weighted by atomic mass is 9.93. The Morgan fingerprint density at radius 1 is 0.919 bits per heavy atom. The number of benzene rings is 1. The van der Waals surface area contributed by atoms with Crippen LogP contribution in [0.1, 0.15) is 120 Å². The molecule has 1 aromatic carbocycles. The molecule has 1 aromatic heterocycles. The predicted molar refractivity (Wildman–Crippen MR) is 143 cm³/mol. The second kappa shape index (κ2) is 11.1. The highest BCUT2D eigenvalue weighted by molar-refractivity contribution is 6.04. The van der Waals surface area contributed by atoms with Gasteiger partial charge in [-0.15, -0.1) is 0 Å². The van der Waals surface area contributed by atoms with Crippen LogP contribution in [0.25, 0.3) is 0 Å². The maximum Gasteiger partial charge on any atom is 0.334 e. The van der Waals surface area contributed by atoms with Crippen LogP contribution in [0.5, 0.6) is 5.88 Å². The normalized spacial score (nSPS) is 21.3. The molecule has 2 aliphatic carbocycles. The first-order valence-electron chi connectivity index (χ1n) is 14.1. The molecule has 2 saturated carbocycles. The molecule has 37 heavy (non-hydrogen) atoms. The van der Waals surface area contributed by atoms with Gasteiger partial charge in [0.25, 0.3) is 5.56 Å². The molecule has 1 aliphatic heterocycles. The van der Waals surface area contributed by atoms with Crippen LogP contribution < -0.4 is 11.2 Å². The summed E-state index contributed by atoms with van der Waals surface area (Å²) in [5.41, 5.74) is 0.524. The predicted octanol–water partition coefficient (Wildman–Crippen LogP) is 5.20. The molecule has 0 radical (unpaired) electrons. The lowest BCUT2D eigenvalue weighted by Crippen LogP contribution is -2.46. The summed E-state index contributed by atoms with van der Waals surface area (Å²) in [6.45, 7) is 1.95. The van der Waals surface area contributed by atoms with Crippen LogP contribution in [0, 0.1) is 0 Å². The zero-order valence-corrected chi connectivity index (χ0v) is 21.8. The minimum atomic E-state index is -0.475. The number of hydrazone groups is 1. The van der Waals surface area contributed by atoms with Crippen molar-refractivity contribution in [3.05, 3.63) is 62.3 Å². The van der Waals surface area contributed by atoms with Crippen molar-refractivity contribution in [1.29, 1.82) is 0 Å².